The zero-order valence-electron chi connectivity index (χ0n) is 15.5. The van der Waals surface area contributed by atoms with Gasteiger partial charge in [0.1, 0.15) is 16.9 Å². The van der Waals surface area contributed by atoms with E-state index in [0.717, 1.165) is 21.9 Å². The number of benzene rings is 1. The molecule has 3 aromatic rings. The van der Waals surface area contributed by atoms with E-state index in [2.05, 4.69) is 15.0 Å². The van der Waals surface area contributed by atoms with Gasteiger partial charge in [-0.1, -0.05) is 12.1 Å². The van der Waals surface area contributed by atoms with Gasteiger partial charge in [-0.25, -0.2) is 9.97 Å². The molecule has 4 rings (SSSR count). The molecule has 0 radical (unpaired) electrons. The molecule has 3 atom stereocenters. The topological polar surface area (TPSA) is 90.9 Å². The van der Waals surface area contributed by atoms with Crippen LogP contribution in [0.5, 0.6) is 0 Å². The number of aliphatic hydroxyl groups is 1. The van der Waals surface area contributed by atoms with Crippen molar-refractivity contribution in [1.82, 2.24) is 20.3 Å². The van der Waals surface area contributed by atoms with Crippen molar-refractivity contribution in [1.29, 1.82) is 0 Å². The molecule has 0 saturated heterocycles. The van der Waals surface area contributed by atoms with Gasteiger partial charge in [0.05, 0.1) is 22.0 Å². The van der Waals surface area contributed by atoms with Crippen LogP contribution < -0.4 is 5.32 Å². The van der Waals surface area contributed by atoms with Gasteiger partial charge in [-0.3, -0.25) is 4.79 Å². The Bertz CT molecular complexity index is 989. The molecule has 1 aromatic carbocycles. The molecule has 2 heterocycles. The van der Waals surface area contributed by atoms with Crippen LogP contribution in [0.3, 0.4) is 0 Å². The van der Waals surface area contributed by atoms with E-state index in [-0.39, 0.29) is 17.3 Å². The number of nitrogens with one attached hydrogen (secondary N) is 2. The van der Waals surface area contributed by atoms with E-state index < -0.39 is 24.2 Å². The Hall–Kier alpha value is -2.46. The zero-order valence-corrected chi connectivity index (χ0v) is 16.3. The lowest BCUT2D eigenvalue weighted by Crippen LogP contribution is -2.46. The molecule has 1 amide bonds. The van der Waals surface area contributed by atoms with Crippen LogP contribution in [-0.2, 0) is 17.6 Å². The second-order valence-electron chi connectivity index (χ2n) is 7.30. The van der Waals surface area contributed by atoms with Crippen LogP contribution in [0.1, 0.15) is 34.7 Å². The Morgan fingerprint density at radius 3 is 2.79 bits per heavy atom. The van der Waals surface area contributed by atoms with Gasteiger partial charge >= 0.3 is 12.1 Å². The highest BCUT2D eigenvalue weighted by Crippen LogP contribution is 2.34. The molecule has 0 fully saturated rings. The Balaban J connectivity index is 1.55. The lowest BCUT2D eigenvalue weighted by molar-refractivity contribution is -0.175. The molecule has 0 aliphatic heterocycles. The molecular weight excluding hydrogens is 405 g/mol. The lowest BCUT2D eigenvalue weighted by atomic mass is 9.94. The van der Waals surface area contributed by atoms with Crippen molar-refractivity contribution < 1.29 is 23.1 Å². The number of alkyl halides is 3. The molecule has 1 aliphatic carbocycles. The summed E-state index contributed by atoms with van der Waals surface area (Å²) in [5.74, 6) is -1.30. The van der Waals surface area contributed by atoms with Crippen LogP contribution in [0.15, 0.2) is 24.3 Å². The average molecular weight is 424 g/mol. The quantitative estimate of drug-likeness (QED) is 0.587. The lowest BCUT2D eigenvalue weighted by Gasteiger charge is -2.26. The number of fused-ring (bicyclic) bond motifs is 2. The molecule has 10 heteroatoms. The number of aliphatic hydroxyl groups excluding tert-OH is 1. The Labute approximate surface area is 168 Å². The number of aromatic amines is 1. The number of rotatable bonds is 5. The summed E-state index contributed by atoms with van der Waals surface area (Å²) < 4.78 is 39.4. The SMILES string of the molecule is Cc1nc2c([nH]1)CC(C[C@H](NC(=O)C(F)(F)F)C(O)c1nc3ccccc3s1)C2. The van der Waals surface area contributed by atoms with Crippen molar-refractivity contribution in [2.24, 2.45) is 5.92 Å². The number of carbonyl (C=O) groups excluding carboxylic acids is 1. The number of aromatic nitrogens is 3. The first-order chi connectivity index (χ1) is 13.7. The van der Waals surface area contributed by atoms with Gasteiger partial charge in [-0.2, -0.15) is 13.2 Å². The first-order valence-corrected chi connectivity index (χ1v) is 9.98. The van der Waals surface area contributed by atoms with Crippen molar-refractivity contribution in [3.63, 3.8) is 0 Å². The van der Waals surface area contributed by atoms with E-state index in [1.165, 1.54) is 11.3 Å². The molecule has 2 aromatic heterocycles. The normalized spacial score (nSPS) is 16.7. The monoisotopic (exact) mass is 424 g/mol. The fraction of sp³-hybridized carbons (Fsp3) is 0.421. The van der Waals surface area contributed by atoms with Gasteiger partial charge < -0.3 is 15.4 Å². The van der Waals surface area contributed by atoms with Crippen LogP contribution >= 0.6 is 11.3 Å². The summed E-state index contributed by atoms with van der Waals surface area (Å²) in [5.41, 5.74) is 2.51. The van der Waals surface area contributed by atoms with E-state index >= 15 is 0 Å². The second-order valence-corrected chi connectivity index (χ2v) is 8.36. The summed E-state index contributed by atoms with van der Waals surface area (Å²) in [6.07, 6.45) is -4.98. The number of amides is 1. The Kier molecular flexibility index (Phi) is 5.07. The molecular formula is C19H19F3N4O2S. The molecule has 154 valence electrons. The number of nitrogens with zero attached hydrogens (tertiary/aromatic N) is 2. The van der Waals surface area contributed by atoms with Gasteiger partial charge in [0.25, 0.3) is 0 Å². The van der Waals surface area contributed by atoms with Crippen molar-refractivity contribution in [2.45, 2.75) is 44.5 Å². The van der Waals surface area contributed by atoms with Gasteiger partial charge in [-0.15, -0.1) is 11.3 Å². The first kappa shape index (κ1) is 19.8. The maximum absolute atomic E-state index is 12.8. The van der Waals surface area contributed by atoms with Gasteiger partial charge in [-0.05, 0) is 44.2 Å². The fourth-order valence-electron chi connectivity index (χ4n) is 3.79. The molecule has 3 N–H and O–H groups in total. The molecule has 6 nitrogen and oxygen atoms in total. The number of halogens is 3. The molecule has 0 bridgehead atoms. The van der Waals surface area contributed by atoms with E-state index in [0.29, 0.717) is 18.4 Å². The van der Waals surface area contributed by atoms with Gasteiger partial charge in [0.15, 0.2) is 0 Å². The van der Waals surface area contributed by atoms with Gasteiger partial charge in [0, 0.05) is 5.69 Å². The van der Waals surface area contributed by atoms with Crippen LogP contribution in [0.2, 0.25) is 0 Å². The summed E-state index contributed by atoms with van der Waals surface area (Å²) in [6, 6.07) is 6.09. The molecule has 29 heavy (non-hydrogen) atoms. The zero-order chi connectivity index (χ0) is 20.8. The number of H-pyrrole nitrogens is 1. The molecule has 0 spiro atoms. The van der Waals surface area contributed by atoms with Crippen molar-refractivity contribution >= 4 is 27.5 Å². The van der Waals surface area contributed by atoms with Crippen LogP contribution in [0.25, 0.3) is 10.2 Å². The number of hydrogen-bond acceptors (Lipinski definition) is 5. The minimum absolute atomic E-state index is 0.0353. The molecule has 2 unspecified atom stereocenters. The minimum Gasteiger partial charge on any atom is -0.384 e. The van der Waals surface area contributed by atoms with Gasteiger partial charge in [0.2, 0.25) is 0 Å². The highest BCUT2D eigenvalue weighted by molar-refractivity contribution is 7.18. The second kappa shape index (κ2) is 7.42. The summed E-state index contributed by atoms with van der Waals surface area (Å²) in [5, 5.41) is 13.1. The average Bonchev–Trinajstić information content (AvgIpc) is 3.31. The number of thiazole rings is 1. The molecule has 0 saturated carbocycles. The number of aryl methyl sites for hydroxylation is 1. The van der Waals surface area contributed by atoms with E-state index in [9.17, 15) is 23.1 Å². The number of carbonyl (C=O) groups is 1. The highest BCUT2D eigenvalue weighted by Gasteiger charge is 2.42. The Morgan fingerprint density at radius 1 is 1.34 bits per heavy atom. The highest BCUT2D eigenvalue weighted by atomic mass is 32.1. The predicted octanol–water partition coefficient (Wildman–Crippen LogP) is 3.21. The minimum atomic E-state index is -5.02. The fourth-order valence-corrected chi connectivity index (χ4v) is 4.81. The van der Waals surface area contributed by atoms with Crippen molar-refractivity contribution in [3.8, 4) is 0 Å². The maximum atomic E-state index is 12.8. The summed E-state index contributed by atoms with van der Waals surface area (Å²) in [4.78, 5) is 23.5. The largest absolute Gasteiger partial charge is 0.471 e. The standard InChI is InChI=1S/C19H19F3N4O2S/c1-9-23-12-6-10(7-13(12)24-9)8-14(26-18(28)19(20,21)22)16(27)17-25-11-4-2-3-5-15(11)29-17/h2-5,10,14,16,27H,6-8H2,1H3,(H,23,24)(H,26,28)/t14-,16?/m0/s1. The predicted molar refractivity (Wildman–Crippen MR) is 101 cm³/mol. The summed E-state index contributed by atoms with van der Waals surface area (Å²) >= 11 is 1.20. The van der Waals surface area contributed by atoms with E-state index in [4.69, 9.17) is 0 Å². The Morgan fingerprint density at radius 2 is 2.10 bits per heavy atom. The third-order valence-electron chi connectivity index (χ3n) is 5.06. The maximum Gasteiger partial charge on any atom is 0.471 e. The number of hydrogen-bond donors (Lipinski definition) is 3. The van der Waals surface area contributed by atoms with E-state index in [1.54, 1.807) is 12.1 Å². The smallest absolute Gasteiger partial charge is 0.384 e. The van der Waals surface area contributed by atoms with E-state index in [1.807, 2.05) is 24.4 Å². The van der Waals surface area contributed by atoms with Crippen LogP contribution in [-0.4, -0.2) is 38.2 Å². The first-order valence-electron chi connectivity index (χ1n) is 9.16. The molecule has 1 aliphatic rings. The summed E-state index contributed by atoms with van der Waals surface area (Å²) in [7, 11) is 0. The van der Waals surface area contributed by atoms with Crippen molar-refractivity contribution in [3.05, 3.63) is 46.5 Å². The van der Waals surface area contributed by atoms with Crippen LogP contribution in [0.4, 0.5) is 13.2 Å². The number of para-hydroxylation sites is 1. The third-order valence-corrected chi connectivity index (χ3v) is 6.17. The van der Waals surface area contributed by atoms with Crippen molar-refractivity contribution in [2.75, 3.05) is 0 Å². The number of imidazole rings is 1. The van der Waals surface area contributed by atoms with Crippen LogP contribution in [0, 0.1) is 12.8 Å². The summed E-state index contributed by atoms with van der Waals surface area (Å²) in [6.45, 7) is 1.84. The third kappa shape index (κ3) is 4.13.